The highest BCUT2D eigenvalue weighted by Gasteiger charge is 2.24. The van der Waals surface area contributed by atoms with Crippen molar-refractivity contribution in [3.63, 3.8) is 0 Å². The SMILES string of the molecule is Cc1ccc(Cl)c2sc(N3CCN(C(=O)Nc4ccc5c(c4)OCO5)CC3)nc12. The number of urea groups is 1. The van der Waals surface area contributed by atoms with Crippen LogP contribution >= 0.6 is 22.9 Å². The molecule has 0 unspecified atom stereocenters. The van der Waals surface area contributed by atoms with Crippen molar-refractivity contribution in [3.8, 4) is 11.5 Å². The Labute approximate surface area is 176 Å². The van der Waals surface area contributed by atoms with Gasteiger partial charge in [-0.15, -0.1) is 0 Å². The molecule has 1 N–H and O–H groups in total. The van der Waals surface area contributed by atoms with Crippen LogP contribution in [-0.2, 0) is 0 Å². The average molecular weight is 431 g/mol. The first kappa shape index (κ1) is 18.3. The van der Waals surface area contributed by atoms with Crippen LogP contribution in [0.25, 0.3) is 10.2 Å². The number of rotatable bonds is 2. The van der Waals surface area contributed by atoms with E-state index < -0.39 is 0 Å². The molecule has 0 saturated carbocycles. The second-order valence-electron chi connectivity index (χ2n) is 7.01. The molecular formula is C20H19ClN4O3S. The molecule has 3 heterocycles. The highest BCUT2D eigenvalue weighted by atomic mass is 35.5. The van der Waals surface area contributed by atoms with Crippen molar-refractivity contribution in [2.75, 3.05) is 43.2 Å². The third-order valence-electron chi connectivity index (χ3n) is 5.15. The quantitative estimate of drug-likeness (QED) is 0.655. The Morgan fingerprint density at radius 1 is 1.14 bits per heavy atom. The highest BCUT2D eigenvalue weighted by molar-refractivity contribution is 7.22. The number of amides is 2. The summed E-state index contributed by atoms with van der Waals surface area (Å²) in [6.45, 7) is 4.96. The largest absolute Gasteiger partial charge is 0.454 e. The predicted molar refractivity (Wildman–Crippen MR) is 115 cm³/mol. The van der Waals surface area contributed by atoms with Crippen LogP contribution in [0.3, 0.4) is 0 Å². The van der Waals surface area contributed by atoms with Crippen molar-refractivity contribution in [2.24, 2.45) is 0 Å². The first-order chi connectivity index (χ1) is 14.1. The van der Waals surface area contributed by atoms with Crippen LogP contribution in [0.2, 0.25) is 5.02 Å². The number of aryl methyl sites for hydroxylation is 1. The fourth-order valence-electron chi connectivity index (χ4n) is 3.50. The summed E-state index contributed by atoms with van der Waals surface area (Å²) in [5.41, 5.74) is 2.77. The minimum Gasteiger partial charge on any atom is -0.454 e. The summed E-state index contributed by atoms with van der Waals surface area (Å²) >= 11 is 7.94. The third kappa shape index (κ3) is 3.42. The molecular weight excluding hydrogens is 412 g/mol. The summed E-state index contributed by atoms with van der Waals surface area (Å²) in [6, 6.07) is 9.19. The summed E-state index contributed by atoms with van der Waals surface area (Å²) in [7, 11) is 0. The Morgan fingerprint density at radius 3 is 2.72 bits per heavy atom. The summed E-state index contributed by atoms with van der Waals surface area (Å²) in [5.74, 6) is 1.35. The number of fused-ring (bicyclic) bond motifs is 2. The lowest BCUT2D eigenvalue weighted by Gasteiger charge is -2.34. The zero-order valence-corrected chi connectivity index (χ0v) is 17.3. The van der Waals surface area contributed by atoms with Crippen molar-refractivity contribution in [2.45, 2.75) is 6.92 Å². The number of thiazole rings is 1. The van der Waals surface area contributed by atoms with E-state index in [9.17, 15) is 4.79 Å². The van der Waals surface area contributed by atoms with E-state index in [4.69, 9.17) is 26.1 Å². The number of carbonyl (C=O) groups excluding carboxylic acids is 1. The number of nitrogens with one attached hydrogen (secondary N) is 1. The molecule has 2 amide bonds. The number of nitrogens with zero attached hydrogens (tertiary/aromatic N) is 3. The van der Waals surface area contributed by atoms with Crippen molar-refractivity contribution in [1.82, 2.24) is 9.88 Å². The van der Waals surface area contributed by atoms with Gasteiger partial charge in [-0.25, -0.2) is 9.78 Å². The van der Waals surface area contributed by atoms with Crippen LogP contribution in [0.4, 0.5) is 15.6 Å². The van der Waals surface area contributed by atoms with Crippen LogP contribution < -0.4 is 19.7 Å². The van der Waals surface area contributed by atoms with Crippen LogP contribution in [0.1, 0.15) is 5.56 Å². The maximum atomic E-state index is 12.6. The number of carbonyl (C=O) groups is 1. The number of ether oxygens (including phenoxy) is 2. The minimum atomic E-state index is -0.119. The fourth-order valence-corrected chi connectivity index (χ4v) is 4.87. The first-order valence-electron chi connectivity index (χ1n) is 9.35. The van der Waals surface area contributed by atoms with Gasteiger partial charge in [0.05, 0.1) is 15.2 Å². The summed E-state index contributed by atoms with van der Waals surface area (Å²) in [4.78, 5) is 21.4. The third-order valence-corrected chi connectivity index (χ3v) is 6.72. The molecule has 2 aliphatic heterocycles. The van der Waals surface area contributed by atoms with Gasteiger partial charge in [-0.1, -0.05) is 29.0 Å². The summed E-state index contributed by atoms with van der Waals surface area (Å²) in [6.07, 6.45) is 0. The number of halogens is 1. The highest BCUT2D eigenvalue weighted by Crippen LogP contribution is 2.36. The standard InChI is InChI=1S/C20H19ClN4O3S/c1-12-2-4-14(21)18-17(12)23-20(29-18)25-8-6-24(7-9-25)19(26)22-13-3-5-15-16(10-13)28-11-27-15/h2-5,10H,6-9,11H2,1H3,(H,22,26). The molecule has 1 aromatic heterocycles. The Morgan fingerprint density at radius 2 is 1.93 bits per heavy atom. The van der Waals surface area contributed by atoms with Gasteiger partial charge in [0, 0.05) is 37.9 Å². The normalized spacial score (nSPS) is 15.8. The Bertz CT molecular complexity index is 1060. The van der Waals surface area contributed by atoms with E-state index >= 15 is 0 Å². The minimum absolute atomic E-state index is 0.119. The predicted octanol–water partition coefficient (Wildman–Crippen LogP) is 4.34. The van der Waals surface area contributed by atoms with E-state index in [-0.39, 0.29) is 12.8 Å². The van der Waals surface area contributed by atoms with Gasteiger partial charge < -0.3 is 24.6 Å². The Kier molecular flexibility index (Phi) is 4.60. The van der Waals surface area contributed by atoms with E-state index in [2.05, 4.69) is 10.2 Å². The molecule has 1 saturated heterocycles. The molecule has 0 aliphatic carbocycles. The van der Waals surface area contributed by atoms with E-state index in [1.54, 1.807) is 23.5 Å². The van der Waals surface area contributed by atoms with E-state index in [1.165, 1.54) is 0 Å². The lowest BCUT2D eigenvalue weighted by Crippen LogP contribution is -2.50. The van der Waals surface area contributed by atoms with Gasteiger partial charge in [-0.05, 0) is 30.7 Å². The van der Waals surface area contributed by atoms with Crippen molar-refractivity contribution < 1.29 is 14.3 Å². The second-order valence-corrected chi connectivity index (χ2v) is 8.40. The van der Waals surface area contributed by atoms with Gasteiger partial charge in [0.15, 0.2) is 16.6 Å². The summed E-state index contributed by atoms with van der Waals surface area (Å²) < 4.78 is 11.7. The molecule has 9 heteroatoms. The van der Waals surface area contributed by atoms with Crippen LogP contribution in [-0.4, -0.2) is 48.9 Å². The van der Waals surface area contributed by atoms with Crippen LogP contribution in [0.5, 0.6) is 11.5 Å². The Hall–Kier alpha value is -2.71. The molecule has 5 rings (SSSR count). The lowest BCUT2D eigenvalue weighted by molar-refractivity contribution is 0.174. The number of anilines is 2. The molecule has 2 aliphatic rings. The van der Waals surface area contributed by atoms with Crippen molar-refractivity contribution in [1.29, 1.82) is 0 Å². The molecule has 0 atom stereocenters. The molecule has 0 bridgehead atoms. The van der Waals surface area contributed by atoms with Gasteiger partial charge in [0.2, 0.25) is 6.79 Å². The Balaban J connectivity index is 1.24. The molecule has 3 aromatic rings. The number of piperazine rings is 1. The van der Waals surface area contributed by atoms with E-state index in [0.717, 1.165) is 39.0 Å². The monoisotopic (exact) mass is 430 g/mol. The number of benzene rings is 2. The molecule has 29 heavy (non-hydrogen) atoms. The molecule has 2 aromatic carbocycles. The van der Waals surface area contributed by atoms with Crippen molar-refractivity contribution in [3.05, 3.63) is 40.9 Å². The lowest BCUT2D eigenvalue weighted by atomic mass is 10.2. The fraction of sp³-hybridized carbons (Fsp3) is 0.300. The maximum Gasteiger partial charge on any atom is 0.321 e. The van der Waals surface area contributed by atoms with Gasteiger partial charge >= 0.3 is 6.03 Å². The number of hydrogen-bond acceptors (Lipinski definition) is 6. The van der Waals surface area contributed by atoms with Crippen molar-refractivity contribution >= 4 is 50.0 Å². The van der Waals surface area contributed by atoms with Gasteiger partial charge in [0.1, 0.15) is 0 Å². The first-order valence-corrected chi connectivity index (χ1v) is 10.5. The molecule has 150 valence electrons. The second kappa shape index (κ2) is 7.27. The summed E-state index contributed by atoms with van der Waals surface area (Å²) in [5, 5.41) is 4.62. The van der Waals surface area contributed by atoms with Gasteiger partial charge in [-0.3, -0.25) is 0 Å². The zero-order chi connectivity index (χ0) is 20.0. The van der Waals surface area contributed by atoms with Crippen LogP contribution in [0, 0.1) is 6.92 Å². The van der Waals surface area contributed by atoms with E-state index in [1.807, 2.05) is 30.0 Å². The molecule has 1 fully saturated rings. The smallest absolute Gasteiger partial charge is 0.321 e. The van der Waals surface area contributed by atoms with Gasteiger partial charge in [-0.2, -0.15) is 0 Å². The topological polar surface area (TPSA) is 66.9 Å². The maximum absolute atomic E-state index is 12.6. The molecule has 7 nitrogen and oxygen atoms in total. The van der Waals surface area contributed by atoms with Crippen LogP contribution in [0.15, 0.2) is 30.3 Å². The molecule has 0 radical (unpaired) electrons. The zero-order valence-electron chi connectivity index (χ0n) is 15.8. The van der Waals surface area contributed by atoms with Gasteiger partial charge in [0.25, 0.3) is 0 Å². The van der Waals surface area contributed by atoms with E-state index in [0.29, 0.717) is 30.3 Å². The molecule has 0 spiro atoms. The number of hydrogen-bond donors (Lipinski definition) is 1. The number of aromatic nitrogens is 1. The average Bonchev–Trinajstić information content (AvgIpc) is 3.38.